The zero-order chi connectivity index (χ0) is 23.5. The lowest BCUT2D eigenvalue weighted by atomic mass is 10.0. The molecule has 0 saturated carbocycles. The van der Waals surface area contributed by atoms with Gasteiger partial charge < -0.3 is 14.4 Å². The minimum atomic E-state index is -1.26. The second kappa shape index (κ2) is 18.8. The summed E-state index contributed by atoms with van der Waals surface area (Å²) in [7, 11) is 6.88. The fourth-order valence-electron chi connectivity index (χ4n) is 3.40. The smallest absolute Gasteiger partial charge is 0.0780 e. The number of benzene rings is 1. The van der Waals surface area contributed by atoms with Crippen molar-refractivity contribution in [1.82, 2.24) is 0 Å². The van der Waals surface area contributed by atoms with E-state index in [0.717, 1.165) is 4.48 Å². The molecule has 0 saturated heterocycles. The van der Waals surface area contributed by atoms with Crippen LogP contribution < -0.4 is 5.11 Å². The third-order valence-corrected chi connectivity index (χ3v) is 6.08. The molecule has 0 atom stereocenters. The fourth-order valence-corrected chi connectivity index (χ4v) is 3.70. The van der Waals surface area contributed by atoms with Gasteiger partial charge in [0.05, 0.1) is 43.7 Å². The quantitative estimate of drug-likeness (QED) is 0.183. The van der Waals surface area contributed by atoms with Crippen molar-refractivity contribution in [3.8, 4) is 0 Å². The minimum absolute atomic E-state index is 0.0272. The minimum Gasteiger partial charge on any atom is -0.545 e. The zero-order valence-electron chi connectivity index (χ0n) is 20.4. The summed E-state index contributed by atoms with van der Waals surface area (Å²) in [5.41, 5.74) is 0.0272. The number of unbranched alkanes of at least 4 members (excludes halogenated alkanes) is 13. The van der Waals surface area contributed by atoms with Gasteiger partial charge in [0.1, 0.15) is 0 Å². The van der Waals surface area contributed by atoms with Gasteiger partial charge in [-0.1, -0.05) is 113 Å². The molecular weight excluding hydrogens is 429 g/mol. The van der Waals surface area contributed by atoms with E-state index >= 15 is 0 Å². The monoisotopic (exact) mass is 473 g/mol. The maximum Gasteiger partial charge on any atom is 0.0780 e. The Balaban J connectivity index is 0.000000683. The molecule has 1 aromatic rings. The molecule has 1 aromatic carbocycles. The molecule has 0 aliphatic heterocycles. The molecule has 3 nitrogen and oxygen atoms in total. The van der Waals surface area contributed by atoms with Crippen LogP contribution in [-0.2, 0) is 0 Å². The molecule has 0 unspecified atom stereocenters. The highest BCUT2D eigenvalue weighted by molar-refractivity contribution is 6.42. The first-order valence-electron chi connectivity index (χ1n) is 12.1. The molecule has 0 radical (unpaired) electrons. The zero-order valence-corrected chi connectivity index (χ0v) is 21.9. The van der Waals surface area contributed by atoms with Gasteiger partial charge in [-0.15, -0.1) is 0 Å². The summed E-state index contributed by atoms with van der Waals surface area (Å²) in [4.78, 5) is 10.3. The van der Waals surface area contributed by atoms with E-state index in [4.69, 9.17) is 23.2 Å². The van der Waals surface area contributed by atoms with Crippen LogP contribution in [0.15, 0.2) is 18.2 Å². The average molecular weight is 475 g/mol. The Labute approximate surface area is 201 Å². The molecule has 31 heavy (non-hydrogen) atoms. The highest BCUT2D eigenvalue weighted by Crippen LogP contribution is 2.22. The lowest BCUT2D eigenvalue weighted by molar-refractivity contribution is -0.870. The Morgan fingerprint density at radius 1 is 0.742 bits per heavy atom. The Hall–Kier alpha value is -0.770. The van der Waals surface area contributed by atoms with E-state index in [-0.39, 0.29) is 10.6 Å². The van der Waals surface area contributed by atoms with Crippen LogP contribution in [0.4, 0.5) is 0 Å². The molecule has 0 amide bonds. The summed E-state index contributed by atoms with van der Waals surface area (Å²) in [6.07, 6.45) is 20.4. The number of carbonyl (C=O) groups is 1. The third-order valence-electron chi connectivity index (χ3n) is 5.34. The maximum absolute atomic E-state index is 10.3. The van der Waals surface area contributed by atoms with Crippen molar-refractivity contribution in [2.75, 3.05) is 27.7 Å². The Morgan fingerprint density at radius 3 is 1.52 bits per heavy atom. The molecule has 0 spiro atoms. The number of hydrogen-bond acceptors (Lipinski definition) is 2. The summed E-state index contributed by atoms with van der Waals surface area (Å²) >= 11 is 11.1. The van der Waals surface area contributed by atoms with Gasteiger partial charge >= 0.3 is 0 Å². The summed E-state index contributed by atoms with van der Waals surface area (Å²) in [6.45, 7) is 3.63. The van der Waals surface area contributed by atoms with Crippen molar-refractivity contribution in [2.24, 2.45) is 0 Å². The number of carboxylic acid groups (broad SMARTS) is 1. The Kier molecular flexibility index (Phi) is 18.3. The van der Waals surface area contributed by atoms with Crippen LogP contribution in [0, 0.1) is 0 Å². The van der Waals surface area contributed by atoms with Gasteiger partial charge in [-0.25, -0.2) is 0 Å². The number of halogens is 2. The predicted molar refractivity (Wildman–Crippen MR) is 134 cm³/mol. The van der Waals surface area contributed by atoms with E-state index in [0.29, 0.717) is 5.02 Å². The third kappa shape index (κ3) is 19.6. The van der Waals surface area contributed by atoms with Crippen molar-refractivity contribution >= 4 is 29.2 Å². The van der Waals surface area contributed by atoms with Crippen molar-refractivity contribution in [2.45, 2.75) is 96.8 Å². The van der Waals surface area contributed by atoms with E-state index in [1.165, 1.54) is 115 Å². The molecule has 5 heteroatoms. The van der Waals surface area contributed by atoms with Crippen LogP contribution in [0.2, 0.25) is 10.0 Å². The number of aromatic carboxylic acids is 1. The van der Waals surface area contributed by atoms with E-state index in [9.17, 15) is 9.90 Å². The van der Waals surface area contributed by atoms with Crippen LogP contribution >= 0.6 is 23.2 Å². The summed E-state index contributed by atoms with van der Waals surface area (Å²) in [5.74, 6) is -1.26. The van der Waals surface area contributed by atoms with Gasteiger partial charge in [-0.2, -0.15) is 0 Å². The highest BCUT2D eigenvalue weighted by Gasteiger charge is 2.05. The Bertz CT molecular complexity index is 585. The molecule has 0 fully saturated rings. The second-order valence-electron chi connectivity index (χ2n) is 9.53. The number of rotatable bonds is 16. The van der Waals surface area contributed by atoms with Crippen LogP contribution in [0.1, 0.15) is 107 Å². The molecule has 1 rings (SSSR count). The standard InChI is InChI=1S/C19H42N.C7H4Cl2O2/c1-5-6-7-8-9-10-11-12-13-14-15-16-17-18-19-20(2,3)4;8-5-2-1-4(7(10)11)3-6(5)9/h5-19H2,1-4H3;1-3H,(H,10,11)/q+1;/p-1. The SMILES string of the molecule is CCCCCCCCCCCCCCCC[N+](C)(C)C.O=C([O-])c1ccc(Cl)c(Cl)c1. The van der Waals surface area contributed by atoms with Crippen LogP contribution in [0.3, 0.4) is 0 Å². The fraction of sp³-hybridized carbons (Fsp3) is 0.731. The topological polar surface area (TPSA) is 40.1 Å². The van der Waals surface area contributed by atoms with Gasteiger partial charge in [0.2, 0.25) is 0 Å². The molecule has 0 heterocycles. The molecule has 0 bridgehead atoms. The molecule has 0 N–H and O–H groups in total. The normalized spacial score (nSPS) is 11.2. The van der Waals surface area contributed by atoms with Crippen molar-refractivity contribution in [3.05, 3.63) is 33.8 Å². The van der Waals surface area contributed by atoms with Crippen molar-refractivity contribution in [3.63, 3.8) is 0 Å². The number of carboxylic acids is 1. The number of nitrogens with zero attached hydrogens (tertiary/aromatic N) is 1. The van der Waals surface area contributed by atoms with Gasteiger partial charge in [0, 0.05) is 0 Å². The second-order valence-corrected chi connectivity index (χ2v) is 10.3. The number of quaternary nitrogens is 1. The average Bonchev–Trinajstić information content (AvgIpc) is 2.70. The van der Waals surface area contributed by atoms with E-state index < -0.39 is 5.97 Å². The molecule has 180 valence electrons. The van der Waals surface area contributed by atoms with Crippen LogP contribution in [0.5, 0.6) is 0 Å². The summed E-state index contributed by atoms with van der Waals surface area (Å²) in [6, 6.07) is 4.00. The van der Waals surface area contributed by atoms with Gasteiger partial charge in [0.15, 0.2) is 0 Å². The lowest BCUT2D eigenvalue weighted by Gasteiger charge is -2.23. The predicted octanol–water partition coefficient (Wildman–Crippen LogP) is 7.53. The number of hydrogen-bond donors (Lipinski definition) is 0. The lowest BCUT2D eigenvalue weighted by Crippen LogP contribution is -2.35. The first-order valence-corrected chi connectivity index (χ1v) is 12.9. The molecule has 0 aromatic heterocycles. The maximum atomic E-state index is 10.3. The molecular formula is C26H45Cl2NO2. The van der Waals surface area contributed by atoms with E-state index in [1.54, 1.807) is 0 Å². The molecule has 0 aliphatic rings. The highest BCUT2D eigenvalue weighted by atomic mass is 35.5. The van der Waals surface area contributed by atoms with Gasteiger partial charge in [-0.05, 0) is 30.5 Å². The van der Waals surface area contributed by atoms with Crippen molar-refractivity contribution in [1.29, 1.82) is 0 Å². The first kappa shape index (κ1) is 30.2. The van der Waals surface area contributed by atoms with E-state index in [1.807, 2.05) is 0 Å². The summed E-state index contributed by atoms with van der Waals surface area (Å²) < 4.78 is 1.12. The Morgan fingerprint density at radius 2 is 1.16 bits per heavy atom. The van der Waals surface area contributed by atoms with Crippen LogP contribution in [-0.4, -0.2) is 38.1 Å². The van der Waals surface area contributed by atoms with E-state index in [2.05, 4.69) is 28.1 Å². The number of carbonyl (C=O) groups excluding carboxylic acids is 1. The summed E-state index contributed by atoms with van der Waals surface area (Å²) in [5, 5.41) is 10.8. The molecule has 0 aliphatic carbocycles. The van der Waals surface area contributed by atoms with Crippen LogP contribution in [0.25, 0.3) is 0 Å². The first-order chi connectivity index (χ1) is 14.7. The van der Waals surface area contributed by atoms with Gasteiger partial charge in [0.25, 0.3) is 0 Å². The largest absolute Gasteiger partial charge is 0.545 e. The van der Waals surface area contributed by atoms with Crippen molar-refractivity contribution < 1.29 is 14.4 Å². The van der Waals surface area contributed by atoms with Gasteiger partial charge in [-0.3, -0.25) is 0 Å².